The van der Waals surface area contributed by atoms with Crippen LogP contribution in [0.4, 0.5) is 0 Å². The van der Waals surface area contributed by atoms with E-state index in [0.717, 1.165) is 31.7 Å². The van der Waals surface area contributed by atoms with Crippen molar-refractivity contribution >= 4 is 22.6 Å². The van der Waals surface area contributed by atoms with Crippen molar-refractivity contribution in [3.8, 4) is 5.75 Å². The molecule has 0 spiro atoms. The van der Waals surface area contributed by atoms with Gasteiger partial charge in [-0.25, -0.2) is 0 Å². The highest BCUT2D eigenvalue weighted by molar-refractivity contribution is 14.1. The zero-order valence-electron chi connectivity index (χ0n) is 12.2. The Labute approximate surface area is 140 Å². The molecule has 0 radical (unpaired) electrons. The van der Waals surface area contributed by atoms with E-state index in [1.54, 1.807) is 0 Å². The number of rotatable bonds is 4. The largest absolute Gasteiger partial charge is 0.493 e. The van der Waals surface area contributed by atoms with Gasteiger partial charge in [-0.05, 0) is 59.2 Å². The van der Waals surface area contributed by atoms with Crippen LogP contribution < -0.4 is 10.1 Å². The van der Waals surface area contributed by atoms with Crippen molar-refractivity contribution in [3.05, 3.63) is 62.7 Å². The summed E-state index contributed by atoms with van der Waals surface area (Å²) in [6.45, 7) is 3.91. The van der Waals surface area contributed by atoms with Crippen molar-refractivity contribution < 1.29 is 4.74 Å². The van der Waals surface area contributed by atoms with Gasteiger partial charge in [0.1, 0.15) is 5.75 Å². The molecule has 1 aliphatic rings. The van der Waals surface area contributed by atoms with Gasteiger partial charge in [-0.3, -0.25) is 0 Å². The van der Waals surface area contributed by atoms with E-state index in [0.29, 0.717) is 0 Å². The molecule has 0 bridgehead atoms. The monoisotopic (exact) mass is 393 g/mol. The number of ether oxygens (including phenoxy) is 1. The molecule has 21 heavy (non-hydrogen) atoms. The number of fused-ring (bicyclic) bond motifs is 1. The third kappa shape index (κ3) is 3.09. The van der Waals surface area contributed by atoms with Gasteiger partial charge in [-0.2, -0.15) is 0 Å². The average molecular weight is 393 g/mol. The molecule has 2 nitrogen and oxygen atoms in total. The molecule has 0 aromatic heterocycles. The SMILES string of the molecule is CCNC(c1ccccc1I)c1cccc2c1OCCC2. The summed E-state index contributed by atoms with van der Waals surface area (Å²) in [6.07, 6.45) is 2.24. The molecular formula is C18H20INO. The smallest absolute Gasteiger partial charge is 0.127 e. The van der Waals surface area contributed by atoms with E-state index in [1.807, 2.05) is 0 Å². The first kappa shape index (κ1) is 14.9. The molecule has 2 aromatic rings. The predicted octanol–water partition coefficient (Wildman–Crippen LogP) is 4.32. The maximum Gasteiger partial charge on any atom is 0.127 e. The highest BCUT2D eigenvalue weighted by Crippen LogP contribution is 2.36. The standard InChI is InChI=1S/C18H20INO/c1-2-20-17(14-9-3-4-11-16(14)19)15-10-5-7-13-8-6-12-21-18(13)15/h3-5,7,9-11,17,20H,2,6,8,12H2,1H3. The van der Waals surface area contributed by atoms with E-state index < -0.39 is 0 Å². The van der Waals surface area contributed by atoms with E-state index >= 15 is 0 Å². The minimum atomic E-state index is 0.191. The number of benzene rings is 2. The van der Waals surface area contributed by atoms with Gasteiger partial charge >= 0.3 is 0 Å². The summed E-state index contributed by atoms with van der Waals surface area (Å²) in [5, 5.41) is 3.62. The van der Waals surface area contributed by atoms with Crippen LogP contribution >= 0.6 is 22.6 Å². The van der Waals surface area contributed by atoms with Gasteiger partial charge < -0.3 is 10.1 Å². The maximum atomic E-state index is 6.00. The molecule has 3 heteroatoms. The molecule has 1 N–H and O–H groups in total. The van der Waals surface area contributed by atoms with E-state index in [1.165, 1.54) is 20.3 Å². The Kier molecular flexibility index (Phi) is 4.80. The van der Waals surface area contributed by atoms with Crippen LogP contribution in [0.5, 0.6) is 5.75 Å². The van der Waals surface area contributed by atoms with Crippen molar-refractivity contribution in [1.82, 2.24) is 5.32 Å². The first-order valence-electron chi connectivity index (χ1n) is 7.53. The predicted molar refractivity (Wildman–Crippen MR) is 94.9 cm³/mol. The molecule has 0 saturated heterocycles. The Morgan fingerprint density at radius 2 is 1.95 bits per heavy atom. The van der Waals surface area contributed by atoms with Crippen LogP contribution in [0.1, 0.15) is 36.1 Å². The molecule has 2 aromatic carbocycles. The highest BCUT2D eigenvalue weighted by atomic mass is 127. The fourth-order valence-electron chi connectivity index (χ4n) is 2.94. The Balaban J connectivity index is 2.08. The fourth-order valence-corrected chi connectivity index (χ4v) is 3.64. The molecule has 1 atom stereocenters. The van der Waals surface area contributed by atoms with Crippen molar-refractivity contribution in [2.24, 2.45) is 0 Å². The second-order valence-corrected chi connectivity index (χ2v) is 6.46. The van der Waals surface area contributed by atoms with Crippen LogP contribution in [0, 0.1) is 3.57 Å². The van der Waals surface area contributed by atoms with E-state index in [4.69, 9.17) is 4.74 Å². The van der Waals surface area contributed by atoms with Crippen molar-refractivity contribution in [2.45, 2.75) is 25.8 Å². The third-order valence-corrected chi connectivity index (χ3v) is 4.88. The molecule has 3 rings (SSSR count). The van der Waals surface area contributed by atoms with Crippen molar-refractivity contribution in [1.29, 1.82) is 0 Å². The summed E-state index contributed by atoms with van der Waals surface area (Å²) in [6, 6.07) is 15.3. The summed E-state index contributed by atoms with van der Waals surface area (Å²) in [5.74, 6) is 1.09. The van der Waals surface area contributed by atoms with Crippen LogP contribution in [0.15, 0.2) is 42.5 Å². The van der Waals surface area contributed by atoms with Crippen molar-refractivity contribution in [3.63, 3.8) is 0 Å². The molecule has 0 amide bonds. The topological polar surface area (TPSA) is 21.3 Å². The van der Waals surface area contributed by atoms with Gasteiger partial charge in [0.15, 0.2) is 0 Å². The maximum absolute atomic E-state index is 6.00. The van der Waals surface area contributed by atoms with E-state index in [-0.39, 0.29) is 6.04 Å². The number of hydrogen-bond donors (Lipinski definition) is 1. The third-order valence-electron chi connectivity index (χ3n) is 3.90. The molecule has 1 heterocycles. The number of hydrogen-bond acceptors (Lipinski definition) is 2. The van der Waals surface area contributed by atoms with Gasteiger partial charge in [-0.15, -0.1) is 0 Å². The second kappa shape index (κ2) is 6.79. The minimum absolute atomic E-state index is 0.191. The van der Waals surface area contributed by atoms with Gasteiger partial charge in [0, 0.05) is 9.13 Å². The average Bonchev–Trinajstić information content (AvgIpc) is 2.53. The lowest BCUT2D eigenvalue weighted by Crippen LogP contribution is -2.24. The van der Waals surface area contributed by atoms with Crippen LogP contribution in [-0.4, -0.2) is 13.2 Å². The Morgan fingerprint density at radius 1 is 1.14 bits per heavy atom. The Bertz CT molecular complexity index is 626. The zero-order chi connectivity index (χ0) is 14.7. The number of para-hydroxylation sites is 1. The summed E-state index contributed by atoms with van der Waals surface area (Å²) >= 11 is 2.42. The summed E-state index contributed by atoms with van der Waals surface area (Å²) < 4.78 is 7.29. The lowest BCUT2D eigenvalue weighted by Gasteiger charge is -2.26. The number of halogens is 1. The molecular weight excluding hydrogens is 373 g/mol. The van der Waals surface area contributed by atoms with Gasteiger partial charge in [0.05, 0.1) is 12.6 Å². The fraction of sp³-hybridized carbons (Fsp3) is 0.333. The summed E-state index contributed by atoms with van der Waals surface area (Å²) in [5.41, 5.74) is 3.92. The first-order chi connectivity index (χ1) is 10.3. The molecule has 0 aliphatic carbocycles. The zero-order valence-corrected chi connectivity index (χ0v) is 14.4. The molecule has 0 saturated carbocycles. The minimum Gasteiger partial charge on any atom is -0.493 e. The molecule has 0 fully saturated rings. The summed E-state index contributed by atoms with van der Waals surface area (Å²) in [4.78, 5) is 0. The number of nitrogens with one attached hydrogen (secondary N) is 1. The Morgan fingerprint density at radius 3 is 2.76 bits per heavy atom. The molecule has 1 unspecified atom stereocenters. The number of aryl methyl sites for hydroxylation is 1. The van der Waals surface area contributed by atoms with Crippen LogP contribution in [-0.2, 0) is 6.42 Å². The molecule has 110 valence electrons. The second-order valence-electron chi connectivity index (χ2n) is 5.30. The first-order valence-corrected chi connectivity index (χ1v) is 8.61. The lowest BCUT2D eigenvalue weighted by atomic mass is 9.93. The highest BCUT2D eigenvalue weighted by Gasteiger charge is 2.22. The van der Waals surface area contributed by atoms with Gasteiger partial charge in [0.25, 0.3) is 0 Å². The van der Waals surface area contributed by atoms with Crippen LogP contribution in [0.25, 0.3) is 0 Å². The van der Waals surface area contributed by atoms with Crippen LogP contribution in [0.2, 0.25) is 0 Å². The van der Waals surface area contributed by atoms with Crippen molar-refractivity contribution in [2.75, 3.05) is 13.2 Å². The van der Waals surface area contributed by atoms with Gasteiger partial charge in [-0.1, -0.05) is 43.3 Å². The summed E-state index contributed by atoms with van der Waals surface area (Å²) in [7, 11) is 0. The lowest BCUT2D eigenvalue weighted by molar-refractivity contribution is 0.283. The van der Waals surface area contributed by atoms with E-state index in [2.05, 4.69) is 77.3 Å². The molecule has 1 aliphatic heterocycles. The Hall–Kier alpha value is -1.07. The van der Waals surface area contributed by atoms with Gasteiger partial charge in [0.2, 0.25) is 0 Å². The normalized spacial score (nSPS) is 15.1. The quantitative estimate of drug-likeness (QED) is 0.782. The van der Waals surface area contributed by atoms with Crippen LogP contribution in [0.3, 0.4) is 0 Å². The van der Waals surface area contributed by atoms with E-state index in [9.17, 15) is 0 Å².